The minimum atomic E-state index is -1.20. The molecule has 0 aliphatic heterocycles. The number of hydrogen-bond donors (Lipinski definition) is 2. The highest BCUT2D eigenvalue weighted by atomic mass is 17.1. The van der Waals surface area contributed by atoms with Crippen molar-refractivity contribution in [1.29, 1.82) is 0 Å². The molecule has 1 unspecified atom stereocenters. The maximum atomic E-state index is 8.87. The first-order valence-corrected chi connectivity index (χ1v) is 4.35. The van der Waals surface area contributed by atoms with Gasteiger partial charge in [-0.05, 0) is 39.7 Å². The van der Waals surface area contributed by atoms with Gasteiger partial charge < -0.3 is 5.11 Å². The van der Waals surface area contributed by atoms with Crippen molar-refractivity contribution >= 4 is 0 Å². The molecule has 0 radical (unpaired) electrons. The van der Waals surface area contributed by atoms with Crippen LogP contribution in [0.25, 0.3) is 0 Å². The Morgan fingerprint density at radius 3 is 2.46 bits per heavy atom. The summed E-state index contributed by atoms with van der Waals surface area (Å²) < 4.78 is 0. The van der Waals surface area contributed by atoms with Crippen molar-refractivity contribution < 1.29 is 15.3 Å². The average Bonchev–Trinajstić information content (AvgIpc) is 2.03. The van der Waals surface area contributed by atoms with E-state index >= 15 is 0 Å². The number of aliphatic hydroxyl groups is 1. The van der Waals surface area contributed by atoms with E-state index in [1.165, 1.54) is 11.6 Å². The summed E-state index contributed by atoms with van der Waals surface area (Å²) in [4.78, 5) is 3.71. The Labute approximate surface area is 79.3 Å². The predicted octanol–water partition coefficient (Wildman–Crippen LogP) is 2.49. The first-order valence-electron chi connectivity index (χ1n) is 4.35. The van der Waals surface area contributed by atoms with E-state index in [1.807, 2.05) is 20.8 Å². The zero-order chi connectivity index (χ0) is 10.3. The Morgan fingerprint density at radius 2 is 2.00 bits per heavy atom. The Morgan fingerprint density at radius 1 is 1.38 bits per heavy atom. The van der Waals surface area contributed by atoms with Gasteiger partial charge in [0, 0.05) is 0 Å². The molecule has 0 saturated heterocycles. The molecule has 0 rings (SSSR count). The first-order chi connectivity index (χ1) is 6.06. The minimum absolute atomic E-state index is 0.867. The maximum absolute atomic E-state index is 8.87. The molecule has 1 atom stereocenters. The van der Waals surface area contributed by atoms with Crippen molar-refractivity contribution in [2.24, 2.45) is 0 Å². The van der Waals surface area contributed by atoms with Crippen molar-refractivity contribution in [2.75, 3.05) is 0 Å². The lowest BCUT2D eigenvalue weighted by atomic mass is 10.1. The minimum Gasteiger partial charge on any atom is -0.363 e. The summed E-state index contributed by atoms with van der Waals surface area (Å²) in [5, 5.41) is 17.0. The molecule has 0 aromatic rings. The Kier molecular flexibility index (Phi) is 6.49. The van der Waals surface area contributed by atoms with Crippen molar-refractivity contribution in [3.05, 3.63) is 23.3 Å². The van der Waals surface area contributed by atoms with E-state index in [0.717, 1.165) is 18.4 Å². The van der Waals surface area contributed by atoms with Crippen LogP contribution in [-0.4, -0.2) is 16.7 Å². The van der Waals surface area contributed by atoms with Gasteiger partial charge >= 0.3 is 0 Å². The molecule has 76 valence electrons. The quantitative estimate of drug-likeness (QED) is 0.300. The molecular weight excluding hydrogens is 168 g/mol. The molecule has 0 spiro atoms. The third-order valence-corrected chi connectivity index (χ3v) is 1.63. The number of rotatable bonds is 5. The van der Waals surface area contributed by atoms with Gasteiger partial charge in [0.1, 0.15) is 0 Å². The van der Waals surface area contributed by atoms with Crippen molar-refractivity contribution in [1.82, 2.24) is 0 Å². The molecule has 0 bridgehead atoms. The number of aliphatic hydroxyl groups excluding tert-OH is 1. The van der Waals surface area contributed by atoms with E-state index in [2.05, 4.69) is 11.0 Å². The highest BCUT2D eigenvalue weighted by molar-refractivity contribution is 5.03. The summed E-state index contributed by atoms with van der Waals surface area (Å²) in [6, 6.07) is 0. The summed E-state index contributed by atoms with van der Waals surface area (Å²) >= 11 is 0. The summed E-state index contributed by atoms with van der Waals surface area (Å²) in [6.45, 7) is 5.98. The average molecular weight is 186 g/mol. The summed E-state index contributed by atoms with van der Waals surface area (Å²) in [7, 11) is 0. The highest BCUT2D eigenvalue weighted by Crippen LogP contribution is 2.07. The van der Waals surface area contributed by atoms with Crippen LogP contribution in [0.3, 0.4) is 0 Å². The molecule has 0 aliphatic rings. The zero-order valence-electron chi connectivity index (χ0n) is 8.45. The number of allylic oxidation sites excluding steroid dienone is 3. The van der Waals surface area contributed by atoms with Crippen LogP contribution in [0.4, 0.5) is 0 Å². The van der Waals surface area contributed by atoms with Crippen LogP contribution in [0.5, 0.6) is 0 Å². The molecule has 0 aromatic heterocycles. The van der Waals surface area contributed by atoms with Crippen LogP contribution in [0.2, 0.25) is 0 Å². The molecular formula is C10H18O3. The lowest BCUT2D eigenvalue weighted by molar-refractivity contribution is -0.317. The van der Waals surface area contributed by atoms with Gasteiger partial charge in [0.05, 0.1) is 0 Å². The topological polar surface area (TPSA) is 49.7 Å². The largest absolute Gasteiger partial charge is 0.363 e. The lowest BCUT2D eigenvalue weighted by Crippen LogP contribution is -2.05. The molecule has 13 heavy (non-hydrogen) atoms. The molecule has 0 aromatic carbocycles. The SMILES string of the molecule is CC(C)=CCC/C(C)=C\C(O)OO. The van der Waals surface area contributed by atoms with Crippen LogP contribution in [-0.2, 0) is 4.89 Å². The highest BCUT2D eigenvalue weighted by Gasteiger charge is 1.97. The van der Waals surface area contributed by atoms with Crippen LogP contribution >= 0.6 is 0 Å². The van der Waals surface area contributed by atoms with E-state index in [-0.39, 0.29) is 0 Å². The van der Waals surface area contributed by atoms with E-state index in [1.54, 1.807) is 0 Å². The molecule has 3 heteroatoms. The molecule has 2 N–H and O–H groups in total. The second-order valence-corrected chi connectivity index (χ2v) is 3.33. The summed E-state index contributed by atoms with van der Waals surface area (Å²) in [5.74, 6) is 0. The van der Waals surface area contributed by atoms with Crippen molar-refractivity contribution in [3.8, 4) is 0 Å². The molecule has 0 fully saturated rings. The van der Waals surface area contributed by atoms with Crippen LogP contribution in [0, 0.1) is 0 Å². The van der Waals surface area contributed by atoms with Crippen molar-refractivity contribution in [3.63, 3.8) is 0 Å². The van der Waals surface area contributed by atoms with Crippen LogP contribution < -0.4 is 0 Å². The summed E-state index contributed by atoms with van der Waals surface area (Å²) in [6.07, 6.45) is 4.23. The van der Waals surface area contributed by atoms with E-state index in [0.29, 0.717) is 0 Å². The second kappa shape index (κ2) is 6.83. The normalized spacial score (nSPS) is 14.1. The lowest BCUT2D eigenvalue weighted by Gasteiger charge is -2.02. The van der Waals surface area contributed by atoms with Gasteiger partial charge in [0.2, 0.25) is 6.29 Å². The maximum Gasteiger partial charge on any atom is 0.207 e. The fourth-order valence-corrected chi connectivity index (χ4v) is 0.946. The Balaban J connectivity index is 3.80. The molecule has 0 amide bonds. The van der Waals surface area contributed by atoms with Gasteiger partial charge in [-0.2, -0.15) is 0 Å². The fraction of sp³-hybridized carbons (Fsp3) is 0.600. The van der Waals surface area contributed by atoms with E-state index < -0.39 is 6.29 Å². The molecule has 0 aliphatic carbocycles. The van der Waals surface area contributed by atoms with Gasteiger partial charge in [-0.25, -0.2) is 10.1 Å². The van der Waals surface area contributed by atoms with Crippen LogP contribution in [0.15, 0.2) is 23.3 Å². The molecule has 0 saturated carbocycles. The van der Waals surface area contributed by atoms with Gasteiger partial charge in [-0.1, -0.05) is 17.2 Å². The smallest absolute Gasteiger partial charge is 0.207 e. The van der Waals surface area contributed by atoms with Gasteiger partial charge in [-0.15, -0.1) is 0 Å². The standard InChI is InChI=1S/C10H18O3/c1-8(2)5-4-6-9(3)7-10(11)13-12/h5,7,10-12H,4,6H2,1-3H3/b9-7-. The predicted molar refractivity (Wildman–Crippen MR) is 52.1 cm³/mol. The molecule has 3 nitrogen and oxygen atoms in total. The zero-order valence-corrected chi connectivity index (χ0v) is 8.45. The van der Waals surface area contributed by atoms with Gasteiger partial charge in [0.15, 0.2) is 0 Å². The number of hydrogen-bond acceptors (Lipinski definition) is 3. The Hall–Kier alpha value is -0.640. The first kappa shape index (κ1) is 12.4. The monoisotopic (exact) mass is 186 g/mol. The van der Waals surface area contributed by atoms with Crippen molar-refractivity contribution in [2.45, 2.75) is 39.9 Å². The summed E-state index contributed by atoms with van der Waals surface area (Å²) in [5.41, 5.74) is 2.28. The second-order valence-electron chi connectivity index (χ2n) is 3.33. The van der Waals surface area contributed by atoms with Gasteiger partial charge in [0.25, 0.3) is 0 Å². The van der Waals surface area contributed by atoms with E-state index in [4.69, 9.17) is 10.4 Å². The third kappa shape index (κ3) is 7.71. The Bertz CT molecular complexity index is 190. The molecule has 0 heterocycles. The van der Waals surface area contributed by atoms with Gasteiger partial charge in [-0.3, -0.25) is 0 Å². The van der Waals surface area contributed by atoms with E-state index in [9.17, 15) is 0 Å². The van der Waals surface area contributed by atoms with Crippen LogP contribution in [0.1, 0.15) is 33.6 Å². The third-order valence-electron chi connectivity index (χ3n) is 1.63. The fourth-order valence-electron chi connectivity index (χ4n) is 0.946.